The van der Waals surface area contributed by atoms with Gasteiger partial charge in [-0.25, -0.2) is 0 Å². The van der Waals surface area contributed by atoms with Crippen LogP contribution in [0.1, 0.15) is 0 Å². The van der Waals surface area contributed by atoms with Crippen molar-refractivity contribution in [2.24, 2.45) is 0 Å². The normalized spacial score (nSPS) is 10.8. The minimum atomic E-state index is 0.585. The van der Waals surface area contributed by atoms with Crippen molar-refractivity contribution in [1.29, 1.82) is 0 Å². The molecule has 0 heterocycles. The number of rotatable bonds is 2. The van der Waals surface area contributed by atoms with E-state index in [1.165, 1.54) is 5.21 Å². The standard InChI is InChI=1S/C2H9As3/c3-1-2-5-4/h5H,1-4H2. The van der Waals surface area contributed by atoms with E-state index < -0.39 is 0 Å². The molecule has 0 nitrogen and oxygen atoms in total. The second kappa shape index (κ2) is 5.68. The molecule has 0 aliphatic heterocycles. The number of hydrogen-bond acceptors (Lipinski definition) is 0. The van der Waals surface area contributed by atoms with Crippen LogP contribution >= 0.6 is 0 Å². The molecule has 0 aliphatic carbocycles. The summed E-state index contributed by atoms with van der Waals surface area (Å²) in [6.45, 7) is 0. The average Bonchev–Trinajstić information content (AvgIpc) is 1.41. The Labute approximate surface area is 55.4 Å². The van der Waals surface area contributed by atoms with Crippen molar-refractivity contribution < 1.29 is 0 Å². The van der Waals surface area contributed by atoms with Gasteiger partial charge in [-0.05, 0) is 0 Å². The van der Waals surface area contributed by atoms with Gasteiger partial charge in [-0.3, -0.25) is 0 Å². The molecule has 0 aromatic heterocycles. The third-order valence-corrected chi connectivity index (χ3v) is 7.79. The summed E-state index contributed by atoms with van der Waals surface area (Å²) in [4.78, 5) is 0. The maximum absolute atomic E-state index is 1.98. The van der Waals surface area contributed by atoms with E-state index >= 15 is 0 Å². The molecule has 0 saturated carbocycles. The first kappa shape index (κ1) is 6.68. The molecule has 0 amide bonds. The molecule has 0 saturated heterocycles. The van der Waals surface area contributed by atoms with Crippen molar-refractivity contribution in [3.63, 3.8) is 0 Å². The van der Waals surface area contributed by atoms with E-state index in [-0.39, 0.29) is 0 Å². The van der Waals surface area contributed by atoms with E-state index in [4.69, 9.17) is 0 Å². The summed E-state index contributed by atoms with van der Waals surface area (Å²) in [5.74, 6) is 0. The Kier molecular flexibility index (Phi) is 7.58. The summed E-state index contributed by atoms with van der Waals surface area (Å²) in [5, 5.41) is 3.05. The van der Waals surface area contributed by atoms with Gasteiger partial charge in [0.15, 0.2) is 0 Å². The summed E-state index contributed by atoms with van der Waals surface area (Å²) in [6, 6.07) is 0. The van der Waals surface area contributed by atoms with Gasteiger partial charge in [-0.15, -0.1) is 0 Å². The Bertz CT molecular complexity index is 12.4. The first-order valence-electron chi connectivity index (χ1n) is 1.55. The van der Waals surface area contributed by atoms with Crippen LogP contribution in [0.5, 0.6) is 0 Å². The summed E-state index contributed by atoms with van der Waals surface area (Å²) in [5.41, 5.74) is 0. The van der Waals surface area contributed by atoms with Crippen LogP contribution < -0.4 is 0 Å². The van der Waals surface area contributed by atoms with Crippen LogP contribution in [0.3, 0.4) is 0 Å². The molecule has 0 aliphatic rings. The summed E-state index contributed by atoms with van der Waals surface area (Å²) in [7, 11) is 0. The molecule has 0 rings (SSSR count). The second-order valence-corrected chi connectivity index (χ2v) is 8.31. The van der Waals surface area contributed by atoms with E-state index in [0.29, 0.717) is 13.7 Å². The molecule has 0 fully saturated rings. The molecule has 5 heavy (non-hydrogen) atoms. The Morgan fingerprint density at radius 1 is 1.60 bits per heavy atom. The molecule has 3 heteroatoms. The zero-order valence-electron chi connectivity index (χ0n) is 3.07. The van der Waals surface area contributed by atoms with Crippen LogP contribution in [0.25, 0.3) is 0 Å². The first-order valence-corrected chi connectivity index (χ1v) is 12.3. The Morgan fingerprint density at radius 2 is 2.20 bits per heavy atom. The quantitative estimate of drug-likeness (QED) is 0.525. The van der Waals surface area contributed by atoms with Gasteiger partial charge in [0.2, 0.25) is 0 Å². The molecule has 0 aromatic carbocycles. The summed E-state index contributed by atoms with van der Waals surface area (Å²) >= 11 is 4.45. The molecule has 32 valence electrons. The summed E-state index contributed by atoms with van der Waals surface area (Å²) < 4.78 is 0. The molecular formula is C2H9As3. The minimum absolute atomic E-state index is 0.585. The third kappa shape index (κ3) is 5.68. The van der Waals surface area contributed by atoms with Crippen LogP contribution in [-0.2, 0) is 0 Å². The van der Waals surface area contributed by atoms with Crippen LogP contribution in [0, 0.1) is 0 Å². The Morgan fingerprint density at radius 3 is 2.20 bits per heavy atom. The number of hydrogen-bond donors (Lipinski definition) is 0. The van der Waals surface area contributed by atoms with Gasteiger partial charge in [-0.1, -0.05) is 0 Å². The first-order chi connectivity index (χ1) is 2.41. The van der Waals surface area contributed by atoms with Crippen molar-refractivity contribution >= 4 is 45.3 Å². The van der Waals surface area contributed by atoms with Gasteiger partial charge in [-0.2, -0.15) is 0 Å². The average molecular weight is 258 g/mol. The molecular weight excluding hydrogens is 249 g/mol. The van der Waals surface area contributed by atoms with E-state index in [9.17, 15) is 0 Å². The second-order valence-electron chi connectivity index (χ2n) is 0.743. The van der Waals surface area contributed by atoms with E-state index in [1.54, 1.807) is 5.21 Å². The monoisotopic (exact) mass is 258 g/mol. The van der Waals surface area contributed by atoms with E-state index in [1.807, 2.05) is 31.6 Å². The molecule has 0 aromatic rings. The van der Waals surface area contributed by atoms with Crippen LogP contribution in [0.4, 0.5) is 0 Å². The summed E-state index contributed by atoms with van der Waals surface area (Å²) in [6.07, 6.45) is 0. The molecule has 3 atom stereocenters. The van der Waals surface area contributed by atoms with Crippen molar-refractivity contribution in [3.8, 4) is 0 Å². The van der Waals surface area contributed by atoms with Crippen LogP contribution in [-0.4, -0.2) is 45.3 Å². The van der Waals surface area contributed by atoms with Gasteiger partial charge in [0.25, 0.3) is 0 Å². The molecule has 0 bridgehead atoms. The molecule has 0 radical (unpaired) electrons. The van der Waals surface area contributed by atoms with Crippen molar-refractivity contribution in [1.82, 2.24) is 0 Å². The SMILES string of the molecule is [AsH2]CC[AsH][AsH2]. The molecule has 0 N–H and O–H groups in total. The van der Waals surface area contributed by atoms with Crippen LogP contribution in [0.15, 0.2) is 0 Å². The Hall–Kier alpha value is 1.68. The topological polar surface area (TPSA) is 0 Å². The van der Waals surface area contributed by atoms with Crippen molar-refractivity contribution in [2.75, 3.05) is 0 Å². The maximum atomic E-state index is 1.98. The molecule has 3 unspecified atom stereocenters. The van der Waals surface area contributed by atoms with E-state index in [2.05, 4.69) is 0 Å². The van der Waals surface area contributed by atoms with Gasteiger partial charge in [0.1, 0.15) is 0 Å². The molecule has 0 spiro atoms. The zero-order valence-corrected chi connectivity index (χ0v) is 10.0. The predicted octanol–water partition coefficient (Wildman–Crippen LogP) is -1.56. The fourth-order valence-electron chi connectivity index (χ4n) is 0.0833. The van der Waals surface area contributed by atoms with Gasteiger partial charge < -0.3 is 0 Å². The third-order valence-electron chi connectivity index (χ3n) is 0.289. The van der Waals surface area contributed by atoms with Crippen LogP contribution in [0.2, 0.25) is 10.4 Å². The zero-order chi connectivity index (χ0) is 4.12. The fraction of sp³-hybridized carbons (Fsp3) is 1.00. The fourth-order valence-corrected chi connectivity index (χ4v) is 11.7. The van der Waals surface area contributed by atoms with Crippen molar-refractivity contribution in [2.45, 2.75) is 10.4 Å². The predicted molar refractivity (Wildman–Crippen MR) is 33.9 cm³/mol. The van der Waals surface area contributed by atoms with E-state index in [0.717, 1.165) is 0 Å². The van der Waals surface area contributed by atoms with Gasteiger partial charge in [0, 0.05) is 0 Å². The Balaban J connectivity index is 2.19. The van der Waals surface area contributed by atoms with Gasteiger partial charge >= 0.3 is 55.7 Å². The van der Waals surface area contributed by atoms with Crippen molar-refractivity contribution in [3.05, 3.63) is 0 Å². The van der Waals surface area contributed by atoms with Gasteiger partial charge in [0.05, 0.1) is 0 Å².